The molecule has 1 aromatic carbocycles. The highest BCUT2D eigenvalue weighted by Gasteiger charge is 2.43. The maximum atomic E-state index is 11.4. The number of aliphatic carboxylic acids is 1. The van der Waals surface area contributed by atoms with Gasteiger partial charge in [0, 0.05) is 4.47 Å². The molecule has 0 bridgehead atoms. The van der Waals surface area contributed by atoms with Crippen molar-refractivity contribution >= 4 is 21.9 Å². The first kappa shape index (κ1) is 15.2. The second kappa shape index (κ2) is 5.85. The summed E-state index contributed by atoms with van der Waals surface area (Å²) in [7, 11) is 0. The second-order valence-electron chi connectivity index (χ2n) is 4.85. The molecule has 0 spiro atoms. The summed E-state index contributed by atoms with van der Waals surface area (Å²) < 4.78 is 0.833. The minimum atomic E-state index is -1.34. The number of carbonyl (C=O) groups is 1. The van der Waals surface area contributed by atoms with Crippen LogP contribution in [0.2, 0.25) is 0 Å². The molecule has 0 saturated heterocycles. The Balaban J connectivity index is 3.30. The molecule has 1 aromatic rings. The van der Waals surface area contributed by atoms with E-state index >= 15 is 0 Å². The van der Waals surface area contributed by atoms with Crippen molar-refractivity contribution in [2.24, 2.45) is 11.8 Å². The molecule has 1 rings (SSSR count). The van der Waals surface area contributed by atoms with Gasteiger partial charge in [-0.15, -0.1) is 0 Å². The van der Waals surface area contributed by atoms with Gasteiger partial charge in [0.2, 0.25) is 0 Å². The van der Waals surface area contributed by atoms with E-state index < -0.39 is 17.5 Å². The van der Waals surface area contributed by atoms with Crippen LogP contribution < -0.4 is 0 Å². The van der Waals surface area contributed by atoms with Crippen LogP contribution in [0.1, 0.15) is 32.8 Å². The summed E-state index contributed by atoms with van der Waals surface area (Å²) in [5.74, 6) is -1.93. The molecule has 0 amide bonds. The number of hydrogen-bond donors (Lipinski definition) is 2. The first-order chi connectivity index (χ1) is 8.32. The molecule has 0 fully saturated rings. The number of aliphatic hydroxyl groups is 1. The molecule has 2 N–H and O–H groups in total. The van der Waals surface area contributed by atoms with Crippen molar-refractivity contribution in [3.05, 3.63) is 34.3 Å². The lowest BCUT2D eigenvalue weighted by Gasteiger charge is -2.35. The fourth-order valence-electron chi connectivity index (χ4n) is 2.40. The highest BCUT2D eigenvalue weighted by molar-refractivity contribution is 9.10. The lowest BCUT2D eigenvalue weighted by atomic mass is 9.74. The number of benzene rings is 1. The van der Waals surface area contributed by atoms with Crippen LogP contribution in [-0.2, 0) is 10.4 Å². The summed E-state index contributed by atoms with van der Waals surface area (Å²) in [4.78, 5) is 11.4. The van der Waals surface area contributed by atoms with Crippen molar-refractivity contribution in [2.45, 2.75) is 32.8 Å². The van der Waals surface area contributed by atoms with Gasteiger partial charge in [0.15, 0.2) is 0 Å². The Hall–Kier alpha value is -0.870. The van der Waals surface area contributed by atoms with Crippen molar-refractivity contribution in [3.8, 4) is 0 Å². The van der Waals surface area contributed by atoms with Gasteiger partial charge in [-0.3, -0.25) is 4.79 Å². The van der Waals surface area contributed by atoms with Gasteiger partial charge < -0.3 is 10.2 Å². The fourth-order valence-corrected chi connectivity index (χ4v) is 2.80. The molecule has 0 saturated carbocycles. The number of rotatable bonds is 5. The summed E-state index contributed by atoms with van der Waals surface area (Å²) >= 11 is 3.35. The molecule has 0 aliphatic heterocycles. The van der Waals surface area contributed by atoms with Gasteiger partial charge >= 0.3 is 5.97 Å². The second-order valence-corrected chi connectivity index (χ2v) is 5.76. The molecule has 18 heavy (non-hydrogen) atoms. The molecule has 3 nitrogen and oxygen atoms in total. The van der Waals surface area contributed by atoms with Gasteiger partial charge in [-0.2, -0.15) is 0 Å². The van der Waals surface area contributed by atoms with Crippen molar-refractivity contribution in [1.29, 1.82) is 0 Å². The van der Waals surface area contributed by atoms with Gasteiger partial charge in [0.1, 0.15) is 5.60 Å². The summed E-state index contributed by atoms with van der Waals surface area (Å²) in [6, 6.07) is 7.21. The fraction of sp³-hybridized carbons (Fsp3) is 0.500. The molecule has 0 heterocycles. The predicted octanol–water partition coefficient (Wildman–Crippen LogP) is 3.40. The lowest BCUT2D eigenvalue weighted by molar-refractivity contribution is -0.157. The molecule has 0 aromatic heterocycles. The third-order valence-electron chi connectivity index (χ3n) is 3.31. The zero-order valence-electron chi connectivity index (χ0n) is 10.9. The van der Waals surface area contributed by atoms with Crippen molar-refractivity contribution in [3.63, 3.8) is 0 Å². The van der Waals surface area contributed by atoms with Gasteiger partial charge in [0.05, 0.1) is 5.92 Å². The van der Waals surface area contributed by atoms with Crippen molar-refractivity contribution < 1.29 is 15.0 Å². The molecular formula is C14H19BrO3. The van der Waals surface area contributed by atoms with Crippen LogP contribution in [0.15, 0.2) is 28.7 Å². The Bertz CT molecular complexity index is 431. The maximum absolute atomic E-state index is 11.4. The van der Waals surface area contributed by atoms with Crippen LogP contribution in [-0.4, -0.2) is 16.2 Å². The first-order valence-corrected chi connectivity index (χ1v) is 6.83. The molecule has 100 valence electrons. The van der Waals surface area contributed by atoms with E-state index in [2.05, 4.69) is 15.9 Å². The standard InChI is InChI=1S/C14H19BrO3/c1-4-14(18,12(9(2)3)13(16)17)10-6-5-7-11(15)8-10/h5-9,12,18H,4H2,1-3H3,(H,16,17). The Morgan fingerprint density at radius 2 is 2.06 bits per heavy atom. The van der Waals surface area contributed by atoms with E-state index in [0.29, 0.717) is 12.0 Å². The normalized spacial score (nSPS) is 16.3. The average Bonchev–Trinajstić information content (AvgIpc) is 2.27. The van der Waals surface area contributed by atoms with Crippen LogP contribution in [0.4, 0.5) is 0 Å². The summed E-state index contributed by atoms with van der Waals surface area (Å²) in [5, 5.41) is 20.2. The van der Waals surface area contributed by atoms with Crippen molar-refractivity contribution in [2.75, 3.05) is 0 Å². The third kappa shape index (κ3) is 2.93. The van der Waals surface area contributed by atoms with Crippen LogP contribution >= 0.6 is 15.9 Å². The molecular weight excluding hydrogens is 296 g/mol. The van der Waals surface area contributed by atoms with Gasteiger partial charge in [0.25, 0.3) is 0 Å². The van der Waals surface area contributed by atoms with E-state index in [1.54, 1.807) is 25.1 Å². The van der Waals surface area contributed by atoms with Gasteiger partial charge in [-0.1, -0.05) is 48.8 Å². The van der Waals surface area contributed by atoms with Gasteiger partial charge in [-0.25, -0.2) is 0 Å². The summed E-state index contributed by atoms with van der Waals surface area (Å²) in [6.07, 6.45) is 0.360. The number of hydrogen-bond acceptors (Lipinski definition) is 2. The highest BCUT2D eigenvalue weighted by atomic mass is 79.9. The first-order valence-electron chi connectivity index (χ1n) is 6.04. The Morgan fingerprint density at radius 1 is 1.44 bits per heavy atom. The van der Waals surface area contributed by atoms with Crippen LogP contribution in [0, 0.1) is 11.8 Å². The van der Waals surface area contributed by atoms with Crippen LogP contribution in [0.25, 0.3) is 0 Å². The number of carboxylic acids is 1. The largest absolute Gasteiger partial charge is 0.481 e. The SMILES string of the molecule is CCC(O)(c1cccc(Br)c1)C(C(=O)O)C(C)C. The maximum Gasteiger partial charge on any atom is 0.310 e. The van der Waals surface area contributed by atoms with E-state index in [9.17, 15) is 15.0 Å². The van der Waals surface area contributed by atoms with Crippen LogP contribution in [0.3, 0.4) is 0 Å². The van der Waals surface area contributed by atoms with Crippen LogP contribution in [0.5, 0.6) is 0 Å². The van der Waals surface area contributed by atoms with Crippen molar-refractivity contribution in [1.82, 2.24) is 0 Å². The zero-order chi connectivity index (χ0) is 13.9. The highest BCUT2D eigenvalue weighted by Crippen LogP contribution is 2.38. The molecule has 0 radical (unpaired) electrons. The van der Waals surface area contributed by atoms with E-state index in [-0.39, 0.29) is 5.92 Å². The quantitative estimate of drug-likeness (QED) is 0.875. The molecule has 0 aliphatic carbocycles. The minimum Gasteiger partial charge on any atom is -0.481 e. The topological polar surface area (TPSA) is 57.5 Å². The summed E-state index contributed by atoms with van der Waals surface area (Å²) in [6.45, 7) is 5.44. The lowest BCUT2D eigenvalue weighted by Crippen LogP contribution is -2.42. The van der Waals surface area contributed by atoms with E-state index in [0.717, 1.165) is 4.47 Å². The average molecular weight is 315 g/mol. The molecule has 2 unspecified atom stereocenters. The molecule has 2 atom stereocenters. The predicted molar refractivity (Wildman–Crippen MR) is 74.3 cm³/mol. The third-order valence-corrected chi connectivity index (χ3v) is 3.80. The van der Waals surface area contributed by atoms with E-state index in [1.807, 2.05) is 19.9 Å². The van der Waals surface area contributed by atoms with E-state index in [4.69, 9.17) is 0 Å². The number of halogens is 1. The van der Waals surface area contributed by atoms with E-state index in [1.165, 1.54) is 0 Å². The Morgan fingerprint density at radius 3 is 2.44 bits per heavy atom. The number of carboxylic acid groups (broad SMARTS) is 1. The smallest absolute Gasteiger partial charge is 0.310 e. The monoisotopic (exact) mass is 314 g/mol. The molecule has 4 heteroatoms. The zero-order valence-corrected chi connectivity index (χ0v) is 12.4. The van der Waals surface area contributed by atoms with Gasteiger partial charge in [-0.05, 0) is 30.0 Å². The Kier molecular flexibility index (Phi) is 4.93. The summed E-state index contributed by atoms with van der Waals surface area (Å²) in [5.41, 5.74) is -0.704. The Labute approximate surface area is 116 Å². The molecule has 0 aliphatic rings. The minimum absolute atomic E-state index is 0.147.